The second-order valence-corrected chi connectivity index (χ2v) is 6.80. The molecular formula is C20H20N6S. The van der Waals surface area contributed by atoms with Crippen LogP contribution in [0.25, 0.3) is 4.95 Å². The monoisotopic (exact) mass is 376 g/mol. The molecule has 0 atom stereocenters. The fourth-order valence-electron chi connectivity index (χ4n) is 2.50. The number of aliphatic imine (C=N–C) groups is 1. The van der Waals surface area contributed by atoms with E-state index in [0.717, 1.165) is 27.3 Å². The Labute approximate surface area is 163 Å². The molecule has 0 fully saturated rings. The first-order valence-electron chi connectivity index (χ1n) is 8.37. The summed E-state index contributed by atoms with van der Waals surface area (Å²) in [6, 6.07) is 16.3. The lowest BCUT2D eigenvalue weighted by Crippen LogP contribution is -2.12. The molecule has 0 saturated heterocycles. The highest BCUT2D eigenvalue weighted by atomic mass is 32.2. The van der Waals surface area contributed by atoms with Gasteiger partial charge in [-0.05, 0) is 36.1 Å². The molecule has 136 valence electrons. The highest BCUT2D eigenvalue weighted by Gasteiger charge is 2.09. The first-order valence-corrected chi connectivity index (χ1v) is 9.19. The van der Waals surface area contributed by atoms with Crippen molar-refractivity contribution in [1.82, 2.24) is 0 Å². The molecule has 2 rings (SSSR count). The second kappa shape index (κ2) is 10.6. The molecule has 0 aliphatic heterocycles. The first kappa shape index (κ1) is 20.0. The lowest BCUT2D eigenvalue weighted by Gasteiger charge is -2.12. The van der Waals surface area contributed by atoms with Crippen LogP contribution in [0.2, 0.25) is 0 Å². The zero-order valence-corrected chi connectivity index (χ0v) is 15.6. The van der Waals surface area contributed by atoms with E-state index in [1.807, 2.05) is 24.3 Å². The number of hydrogen-bond acceptors (Lipinski definition) is 4. The summed E-state index contributed by atoms with van der Waals surface area (Å²) in [7, 11) is 0. The number of nitrogens with zero attached hydrogens (tertiary/aromatic N) is 4. The van der Waals surface area contributed by atoms with E-state index in [0.29, 0.717) is 30.9 Å². The maximum Gasteiger partial charge on any atom is 0.207 e. The van der Waals surface area contributed by atoms with E-state index in [-0.39, 0.29) is 0 Å². The second-order valence-electron chi connectivity index (χ2n) is 5.71. The molecule has 0 aromatic heterocycles. The van der Waals surface area contributed by atoms with Gasteiger partial charge in [-0.15, -0.1) is 4.95 Å². The Morgan fingerprint density at radius 2 is 1.48 bits per heavy atom. The van der Waals surface area contributed by atoms with Crippen molar-refractivity contribution in [3.8, 4) is 6.19 Å². The molecule has 2 aromatic rings. The quantitative estimate of drug-likeness (QED) is 0.241. The van der Waals surface area contributed by atoms with Gasteiger partial charge in [-0.2, -0.15) is 16.8 Å². The maximum absolute atomic E-state index is 8.58. The van der Waals surface area contributed by atoms with Crippen molar-refractivity contribution in [2.75, 3.05) is 0 Å². The third-order valence-corrected chi connectivity index (χ3v) is 5.07. The molecule has 0 amide bonds. The van der Waals surface area contributed by atoms with E-state index in [1.165, 1.54) is 0 Å². The van der Waals surface area contributed by atoms with Gasteiger partial charge in [0.05, 0.1) is 0 Å². The molecule has 0 spiro atoms. The van der Waals surface area contributed by atoms with Crippen LogP contribution in [0.5, 0.6) is 0 Å². The van der Waals surface area contributed by atoms with E-state index in [2.05, 4.69) is 39.3 Å². The van der Waals surface area contributed by atoms with Gasteiger partial charge < -0.3 is 11.5 Å². The van der Waals surface area contributed by atoms with Crippen molar-refractivity contribution >= 4 is 23.4 Å². The van der Waals surface area contributed by atoms with Crippen molar-refractivity contribution in [3.05, 3.63) is 71.2 Å². The molecule has 0 saturated carbocycles. The summed E-state index contributed by atoms with van der Waals surface area (Å²) >= 11 is 1.68. The largest absolute Gasteiger partial charge is 0.386 e. The number of nitrogens with two attached hydrogens (primary N) is 2. The van der Waals surface area contributed by atoms with Crippen LogP contribution >= 0.6 is 11.8 Å². The normalized spacial score (nSPS) is 11.6. The Morgan fingerprint density at radius 3 is 2.00 bits per heavy atom. The Kier molecular flexibility index (Phi) is 7.90. The van der Waals surface area contributed by atoms with Crippen LogP contribution in [-0.4, -0.2) is 11.7 Å². The van der Waals surface area contributed by atoms with E-state index >= 15 is 0 Å². The molecule has 0 unspecified atom stereocenters. The highest BCUT2D eigenvalue weighted by molar-refractivity contribution is 7.99. The van der Waals surface area contributed by atoms with Gasteiger partial charge in [0.15, 0.2) is 5.84 Å². The van der Waals surface area contributed by atoms with Crippen molar-refractivity contribution in [2.24, 2.45) is 21.6 Å². The summed E-state index contributed by atoms with van der Waals surface area (Å²) < 4.78 is 0. The van der Waals surface area contributed by atoms with E-state index in [1.54, 1.807) is 18.0 Å². The van der Waals surface area contributed by atoms with Gasteiger partial charge in [0.25, 0.3) is 0 Å². The number of aryl methyl sites for hydroxylation is 2. The lowest BCUT2D eigenvalue weighted by molar-refractivity contribution is 0.981. The minimum Gasteiger partial charge on any atom is -0.386 e. The third-order valence-electron chi connectivity index (χ3n) is 3.84. The summed E-state index contributed by atoms with van der Waals surface area (Å²) in [4.78, 5) is 8.81. The van der Waals surface area contributed by atoms with Crippen LogP contribution in [0.3, 0.4) is 0 Å². The summed E-state index contributed by atoms with van der Waals surface area (Å²) in [6.07, 6.45) is 4.24. The van der Waals surface area contributed by atoms with Crippen LogP contribution in [0.15, 0.2) is 68.4 Å². The molecular weight excluding hydrogens is 356 g/mol. The Balaban J connectivity index is 2.16. The van der Waals surface area contributed by atoms with Gasteiger partial charge in [0.1, 0.15) is 10.9 Å². The van der Waals surface area contributed by atoms with Gasteiger partial charge in [0.2, 0.25) is 6.19 Å². The molecule has 0 aliphatic rings. The van der Waals surface area contributed by atoms with Gasteiger partial charge in [-0.1, -0.05) is 48.2 Å². The summed E-state index contributed by atoms with van der Waals surface area (Å²) in [5, 5.41) is 12.1. The SMILES string of the molecule is [C-]#[N+]N=C(N)CCc1ccccc1Sc1ccccc1CCC(N)=NC#N. The number of rotatable bonds is 8. The predicted octanol–water partition coefficient (Wildman–Crippen LogP) is 3.73. The van der Waals surface area contributed by atoms with Gasteiger partial charge >= 0.3 is 0 Å². The molecule has 0 aliphatic carbocycles. The van der Waals surface area contributed by atoms with Gasteiger partial charge in [0, 0.05) is 22.6 Å². The van der Waals surface area contributed by atoms with E-state index < -0.39 is 0 Å². The van der Waals surface area contributed by atoms with Crippen molar-refractivity contribution < 1.29 is 0 Å². The molecule has 0 bridgehead atoms. The van der Waals surface area contributed by atoms with E-state index in [4.69, 9.17) is 23.3 Å². The standard InChI is InChI=1S/C20H20N6S/c1-24-26-20(23)13-11-16-7-3-5-9-18(16)27-17-8-4-2-6-15(17)10-12-19(22)25-14-21/h2-9H,10-13H2,(H2,22,25)(H2,23,26). The van der Waals surface area contributed by atoms with Crippen molar-refractivity contribution in [2.45, 2.75) is 35.5 Å². The number of amidine groups is 2. The summed E-state index contributed by atoms with van der Waals surface area (Å²) in [5.74, 6) is 0.685. The topological polar surface area (TPSA) is 105 Å². The Bertz CT molecular complexity index is 845. The maximum atomic E-state index is 8.58. The van der Waals surface area contributed by atoms with Crippen LogP contribution in [0.1, 0.15) is 24.0 Å². The molecule has 0 radical (unpaired) electrons. The fourth-order valence-corrected chi connectivity index (χ4v) is 3.63. The van der Waals surface area contributed by atoms with Crippen molar-refractivity contribution in [3.63, 3.8) is 0 Å². The zero-order valence-electron chi connectivity index (χ0n) is 14.8. The van der Waals surface area contributed by atoms with Crippen molar-refractivity contribution in [1.29, 1.82) is 5.26 Å². The lowest BCUT2D eigenvalue weighted by atomic mass is 10.1. The molecule has 2 aromatic carbocycles. The Morgan fingerprint density at radius 1 is 0.963 bits per heavy atom. The Hall–Kier alpha value is -3.29. The van der Waals surface area contributed by atoms with E-state index in [9.17, 15) is 0 Å². The summed E-state index contributed by atoms with van der Waals surface area (Å²) in [5.41, 5.74) is 13.8. The molecule has 4 N–H and O–H groups in total. The third kappa shape index (κ3) is 6.50. The predicted molar refractivity (Wildman–Crippen MR) is 109 cm³/mol. The molecule has 27 heavy (non-hydrogen) atoms. The number of benzene rings is 2. The van der Waals surface area contributed by atoms with Crippen LogP contribution < -0.4 is 11.5 Å². The highest BCUT2D eigenvalue weighted by Crippen LogP contribution is 2.33. The molecule has 6 nitrogen and oxygen atoms in total. The van der Waals surface area contributed by atoms with Crippen LogP contribution in [-0.2, 0) is 12.8 Å². The smallest absolute Gasteiger partial charge is 0.207 e. The minimum atomic E-state index is 0.340. The number of nitriles is 1. The zero-order chi connectivity index (χ0) is 19.5. The average molecular weight is 376 g/mol. The van der Waals surface area contributed by atoms with Crippen LogP contribution in [0.4, 0.5) is 0 Å². The molecule has 0 heterocycles. The van der Waals surface area contributed by atoms with Gasteiger partial charge in [-0.3, -0.25) is 0 Å². The minimum absolute atomic E-state index is 0.340. The number of hydrogen-bond donors (Lipinski definition) is 2. The molecule has 7 heteroatoms. The van der Waals surface area contributed by atoms with Gasteiger partial charge in [-0.25, -0.2) is 0 Å². The summed E-state index contributed by atoms with van der Waals surface area (Å²) in [6.45, 7) is 6.74. The fraction of sp³-hybridized carbons (Fsp3) is 0.200. The average Bonchev–Trinajstić information content (AvgIpc) is 2.67. The first-order chi connectivity index (χ1) is 13.1. The van der Waals surface area contributed by atoms with Crippen LogP contribution in [0, 0.1) is 18.0 Å².